The van der Waals surface area contributed by atoms with Gasteiger partial charge in [0.05, 0.1) is 6.20 Å². The quantitative estimate of drug-likeness (QED) is 0.824. The maximum atomic E-state index is 5.91. The van der Waals surface area contributed by atoms with Crippen molar-refractivity contribution < 1.29 is 0 Å². The summed E-state index contributed by atoms with van der Waals surface area (Å²) in [4.78, 5) is 6.80. The minimum atomic E-state index is 0.383. The van der Waals surface area contributed by atoms with Crippen LogP contribution in [-0.2, 0) is 6.54 Å². The Morgan fingerprint density at radius 3 is 3.00 bits per heavy atom. The zero-order chi connectivity index (χ0) is 11.7. The van der Waals surface area contributed by atoms with Gasteiger partial charge in [-0.3, -0.25) is 4.90 Å². The lowest BCUT2D eigenvalue weighted by molar-refractivity contribution is 0.206. The van der Waals surface area contributed by atoms with Gasteiger partial charge >= 0.3 is 0 Å². The first kappa shape index (κ1) is 10.7. The van der Waals surface area contributed by atoms with Crippen LogP contribution in [0.15, 0.2) is 24.7 Å². The molecule has 0 aromatic carbocycles. The number of piperidine rings is 1. The van der Waals surface area contributed by atoms with E-state index in [1.54, 1.807) is 0 Å². The molecule has 2 aromatic heterocycles. The Morgan fingerprint density at radius 1 is 1.35 bits per heavy atom. The molecule has 0 radical (unpaired) electrons. The van der Waals surface area contributed by atoms with E-state index in [1.165, 1.54) is 5.56 Å². The van der Waals surface area contributed by atoms with Gasteiger partial charge in [-0.25, -0.2) is 9.50 Å². The lowest BCUT2D eigenvalue weighted by atomic mass is 10.1. The van der Waals surface area contributed by atoms with Crippen LogP contribution < -0.4 is 5.73 Å². The molecule has 0 atom stereocenters. The molecule has 0 saturated carbocycles. The van der Waals surface area contributed by atoms with Crippen LogP contribution in [0, 0.1) is 0 Å². The molecular weight excluding hydrogens is 214 g/mol. The molecule has 0 bridgehead atoms. The van der Waals surface area contributed by atoms with E-state index in [-0.39, 0.29) is 0 Å². The first-order valence-corrected chi connectivity index (χ1v) is 6.08. The Hall–Kier alpha value is -1.46. The molecule has 5 heteroatoms. The standard InChI is InChI=1S/C12H17N5/c13-11-2-6-16(7-3-11)9-10-8-15-17-5-1-4-14-12(10)17/h1,4-5,8,11H,2-3,6-7,9,13H2. The number of nitrogens with two attached hydrogens (primary N) is 1. The van der Waals surface area contributed by atoms with E-state index in [2.05, 4.69) is 15.0 Å². The highest BCUT2D eigenvalue weighted by Crippen LogP contribution is 2.14. The van der Waals surface area contributed by atoms with E-state index in [4.69, 9.17) is 5.73 Å². The van der Waals surface area contributed by atoms with Gasteiger partial charge in [-0.2, -0.15) is 5.10 Å². The first-order chi connectivity index (χ1) is 8.33. The fraction of sp³-hybridized carbons (Fsp3) is 0.500. The van der Waals surface area contributed by atoms with Crippen LogP contribution >= 0.6 is 0 Å². The topological polar surface area (TPSA) is 59.5 Å². The SMILES string of the molecule is NC1CCN(Cc2cnn3cccnc23)CC1. The minimum absolute atomic E-state index is 0.383. The molecule has 3 rings (SSSR count). The van der Waals surface area contributed by atoms with Gasteiger partial charge in [0.15, 0.2) is 5.65 Å². The van der Waals surface area contributed by atoms with Crippen LogP contribution in [-0.4, -0.2) is 38.6 Å². The van der Waals surface area contributed by atoms with E-state index in [1.807, 2.05) is 29.2 Å². The van der Waals surface area contributed by atoms with E-state index >= 15 is 0 Å². The molecule has 0 spiro atoms. The monoisotopic (exact) mass is 231 g/mol. The van der Waals surface area contributed by atoms with Crippen molar-refractivity contribution in [2.24, 2.45) is 5.73 Å². The van der Waals surface area contributed by atoms with Gasteiger partial charge in [-0.15, -0.1) is 0 Å². The highest BCUT2D eigenvalue weighted by atomic mass is 15.2. The lowest BCUT2D eigenvalue weighted by Gasteiger charge is -2.29. The normalized spacial score (nSPS) is 18.9. The van der Waals surface area contributed by atoms with Crippen molar-refractivity contribution in [3.05, 3.63) is 30.2 Å². The molecule has 2 N–H and O–H groups in total. The Bertz CT molecular complexity index is 498. The predicted molar refractivity (Wildman–Crippen MR) is 65.5 cm³/mol. The van der Waals surface area contributed by atoms with Crippen LogP contribution in [0.25, 0.3) is 5.65 Å². The Morgan fingerprint density at radius 2 is 2.18 bits per heavy atom. The second kappa shape index (κ2) is 4.43. The largest absolute Gasteiger partial charge is 0.328 e. The van der Waals surface area contributed by atoms with Gasteiger partial charge in [0, 0.05) is 30.5 Å². The number of nitrogens with zero attached hydrogens (tertiary/aromatic N) is 4. The average Bonchev–Trinajstić information content (AvgIpc) is 2.76. The van der Waals surface area contributed by atoms with Gasteiger partial charge < -0.3 is 5.73 Å². The summed E-state index contributed by atoms with van der Waals surface area (Å²) in [6, 6.07) is 2.28. The molecule has 1 fully saturated rings. The molecule has 3 heterocycles. The van der Waals surface area contributed by atoms with Crippen molar-refractivity contribution in [2.45, 2.75) is 25.4 Å². The summed E-state index contributed by atoms with van der Waals surface area (Å²) in [6.45, 7) is 3.07. The fourth-order valence-corrected chi connectivity index (χ4v) is 2.34. The zero-order valence-electron chi connectivity index (χ0n) is 9.79. The molecule has 1 saturated heterocycles. The third-order valence-corrected chi connectivity index (χ3v) is 3.38. The van der Waals surface area contributed by atoms with Crippen LogP contribution in [0.3, 0.4) is 0 Å². The summed E-state index contributed by atoms with van der Waals surface area (Å²) >= 11 is 0. The van der Waals surface area contributed by atoms with E-state index in [0.717, 1.165) is 38.1 Å². The number of fused-ring (bicyclic) bond motifs is 1. The summed E-state index contributed by atoms with van der Waals surface area (Å²) in [5.41, 5.74) is 8.06. The van der Waals surface area contributed by atoms with Crippen molar-refractivity contribution in [3.8, 4) is 0 Å². The van der Waals surface area contributed by atoms with Crippen LogP contribution in [0.4, 0.5) is 0 Å². The summed E-state index contributed by atoms with van der Waals surface area (Å²) in [5.74, 6) is 0. The minimum Gasteiger partial charge on any atom is -0.328 e. The van der Waals surface area contributed by atoms with Crippen LogP contribution in [0.5, 0.6) is 0 Å². The second-order valence-corrected chi connectivity index (χ2v) is 4.67. The molecule has 1 aliphatic rings. The maximum Gasteiger partial charge on any atom is 0.159 e. The van der Waals surface area contributed by atoms with Crippen molar-refractivity contribution >= 4 is 5.65 Å². The van der Waals surface area contributed by atoms with Crippen molar-refractivity contribution in [3.63, 3.8) is 0 Å². The highest BCUT2D eigenvalue weighted by molar-refractivity contribution is 5.45. The number of hydrogen-bond acceptors (Lipinski definition) is 4. The van der Waals surface area contributed by atoms with Gasteiger partial charge in [-0.05, 0) is 32.0 Å². The number of aromatic nitrogens is 3. The third kappa shape index (κ3) is 2.16. The van der Waals surface area contributed by atoms with Crippen molar-refractivity contribution in [1.82, 2.24) is 19.5 Å². The van der Waals surface area contributed by atoms with Crippen LogP contribution in [0.2, 0.25) is 0 Å². The number of likely N-dealkylation sites (tertiary alicyclic amines) is 1. The molecule has 17 heavy (non-hydrogen) atoms. The average molecular weight is 231 g/mol. The fourth-order valence-electron chi connectivity index (χ4n) is 2.34. The van der Waals surface area contributed by atoms with Gasteiger partial charge in [-0.1, -0.05) is 0 Å². The summed E-state index contributed by atoms with van der Waals surface area (Å²) < 4.78 is 1.82. The van der Waals surface area contributed by atoms with Crippen molar-refractivity contribution in [2.75, 3.05) is 13.1 Å². The molecule has 0 aliphatic carbocycles. The second-order valence-electron chi connectivity index (χ2n) is 4.67. The molecule has 90 valence electrons. The summed E-state index contributed by atoms with van der Waals surface area (Å²) in [6.07, 6.45) is 7.83. The highest BCUT2D eigenvalue weighted by Gasteiger charge is 2.17. The summed E-state index contributed by atoms with van der Waals surface area (Å²) in [5, 5.41) is 4.30. The summed E-state index contributed by atoms with van der Waals surface area (Å²) in [7, 11) is 0. The molecular formula is C12H17N5. The Balaban J connectivity index is 1.76. The maximum absolute atomic E-state index is 5.91. The molecule has 5 nitrogen and oxygen atoms in total. The van der Waals surface area contributed by atoms with E-state index in [0.29, 0.717) is 6.04 Å². The Kier molecular flexibility index (Phi) is 2.78. The number of hydrogen-bond donors (Lipinski definition) is 1. The van der Waals surface area contributed by atoms with Gasteiger partial charge in [0.2, 0.25) is 0 Å². The molecule has 2 aromatic rings. The first-order valence-electron chi connectivity index (χ1n) is 6.08. The molecule has 0 amide bonds. The smallest absolute Gasteiger partial charge is 0.159 e. The zero-order valence-corrected chi connectivity index (χ0v) is 9.79. The van der Waals surface area contributed by atoms with Crippen LogP contribution in [0.1, 0.15) is 18.4 Å². The van der Waals surface area contributed by atoms with E-state index < -0.39 is 0 Å². The lowest BCUT2D eigenvalue weighted by Crippen LogP contribution is -2.39. The number of rotatable bonds is 2. The molecule has 0 unspecified atom stereocenters. The van der Waals surface area contributed by atoms with Gasteiger partial charge in [0.1, 0.15) is 0 Å². The van der Waals surface area contributed by atoms with E-state index in [9.17, 15) is 0 Å². The molecule has 1 aliphatic heterocycles. The third-order valence-electron chi connectivity index (χ3n) is 3.38. The van der Waals surface area contributed by atoms with Gasteiger partial charge in [0.25, 0.3) is 0 Å². The Labute approximate surface area is 100 Å². The predicted octanol–water partition coefficient (Wildman–Crippen LogP) is 0.652. The van der Waals surface area contributed by atoms with Crippen molar-refractivity contribution in [1.29, 1.82) is 0 Å².